The summed E-state index contributed by atoms with van der Waals surface area (Å²) in [6.07, 6.45) is -4.27. The molecule has 0 fully saturated rings. The van der Waals surface area contributed by atoms with Gasteiger partial charge in [-0.25, -0.2) is 18.7 Å². The van der Waals surface area contributed by atoms with Gasteiger partial charge in [0.15, 0.2) is 11.6 Å². The lowest BCUT2D eigenvalue weighted by molar-refractivity contribution is -0.141. The van der Waals surface area contributed by atoms with Gasteiger partial charge >= 0.3 is 6.18 Å². The molecule has 2 aromatic heterocycles. The predicted molar refractivity (Wildman–Crippen MR) is 119 cm³/mol. The first-order valence-electron chi connectivity index (χ1n) is 10.5. The van der Waals surface area contributed by atoms with E-state index >= 15 is 4.39 Å². The number of nitrogens with one attached hydrogen (secondary N) is 1. The van der Waals surface area contributed by atoms with Crippen molar-refractivity contribution in [3.63, 3.8) is 0 Å². The molecule has 10 heteroatoms. The van der Waals surface area contributed by atoms with Gasteiger partial charge in [-0.1, -0.05) is 23.7 Å². The summed E-state index contributed by atoms with van der Waals surface area (Å²) in [7, 11) is 0. The molecule has 34 heavy (non-hydrogen) atoms. The van der Waals surface area contributed by atoms with Gasteiger partial charge in [-0.2, -0.15) is 13.2 Å². The van der Waals surface area contributed by atoms with Crippen LogP contribution in [0.25, 0.3) is 10.9 Å². The third-order valence-electron chi connectivity index (χ3n) is 6.08. The van der Waals surface area contributed by atoms with E-state index in [1.807, 2.05) is 0 Å². The summed E-state index contributed by atoms with van der Waals surface area (Å²) >= 11 is 6.18. The van der Waals surface area contributed by atoms with Gasteiger partial charge in [-0.05, 0) is 55.7 Å². The van der Waals surface area contributed by atoms with Crippen molar-refractivity contribution in [2.24, 2.45) is 0 Å². The van der Waals surface area contributed by atoms with Crippen molar-refractivity contribution in [3.05, 3.63) is 86.8 Å². The summed E-state index contributed by atoms with van der Waals surface area (Å²) < 4.78 is 70.3. The Morgan fingerprint density at radius 1 is 1.03 bits per heavy atom. The molecular formula is C24H18ClF5N4. The molecule has 4 aromatic rings. The number of rotatable bonds is 2. The maximum Gasteiger partial charge on any atom is 0.433 e. The number of nitrogens with zero attached hydrogens (tertiary/aromatic N) is 3. The van der Waals surface area contributed by atoms with Crippen LogP contribution in [0.1, 0.15) is 39.8 Å². The summed E-state index contributed by atoms with van der Waals surface area (Å²) in [5, 5.41) is 1.33. The van der Waals surface area contributed by atoms with Crippen LogP contribution in [0, 0.1) is 25.5 Å². The Hall–Kier alpha value is -3.20. The number of aromatic nitrogens is 3. The molecule has 0 saturated heterocycles. The second kappa shape index (κ2) is 7.94. The molecule has 1 unspecified atom stereocenters. The lowest BCUT2D eigenvalue weighted by Gasteiger charge is -2.36. The molecule has 1 atom stereocenters. The highest BCUT2D eigenvalue weighted by atomic mass is 35.5. The summed E-state index contributed by atoms with van der Waals surface area (Å²) in [6.45, 7) is 3.06. The van der Waals surface area contributed by atoms with Gasteiger partial charge in [-0.3, -0.25) is 0 Å². The Morgan fingerprint density at radius 3 is 2.53 bits per heavy atom. The number of alkyl halides is 3. The molecule has 1 N–H and O–H groups in total. The van der Waals surface area contributed by atoms with Crippen LogP contribution in [0.2, 0.25) is 5.02 Å². The highest BCUT2D eigenvalue weighted by Crippen LogP contribution is 2.42. The minimum atomic E-state index is -4.68. The van der Waals surface area contributed by atoms with Gasteiger partial charge < -0.3 is 9.88 Å². The number of hydrogen-bond donors (Lipinski definition) is 1. The maximum absolute atomic E-state index is 15.2. The van der Waals surface area contributed by atoms with Crippen LogP contribution in [-0.4, -0.2) is 21.5 Å². The second-order valence-corrected chi connectivity index (χ2v) is 8.78. The molecular weight excluding hydrogens is 475 g/mol. The molecule has 0 bridgehead atoms. The number of anilines is 1. The summed E-state index contributed by atoms with van der Waals surface area (Å²) in [6, 6.07) is 8.00. The molecule has 3 heterocycles. The van der Waals surface area contributed by atoms with E-state index in [1.54, 1.807) is 18.2 Å². The van der Waals surface area contributed by atoms with Crippen molar-refractivity contribution < 1.29 is 22.0 Å². The molecule has 1 aliphatic heterocycles. The summed E-state index contributed by atoms with van der Waals surface area (Å²) in [5.41, 5.74) is 1.21. The Bertz CT molecular complexity index is 1430. The Kier molecular flexibility index (Phi) is 5.27. The minimum absolute atomic E-state index is 0.0274. The largest absolute Gasteiger partial charge is 0.433 e. The highest BCUT2D eigenvalue weighted by molar-refractivity contribution is 6.31. The fourth-order valence-corrected chi connectivity index (χ4v) is 4.67. The number of benzene rings is 2. The highest BCUT2D eigenvalue weighted by Gasteiger charge is 2.38. The fraction of sp³-hybridized carbons (Fsp3) is 0.250. The van der Waals surface area contributed by atoms with Gasteiger partial charge in [0.05, 0.1) is 0 Å². The van der Waals surface area contributed by atoms with E-state index in [0.29, 0.717) is 17.1 Å². The van der Waals surface area contributed by atoms with E-state index in [2.05, 4.69) is 15.0 Å². The zero-order valence-electron chi connectivity index (χ0n) is 18.1. The zero-order valence-corrected chi connectivity index (χ0v) is 18.8. The first kappa shape index (κ1) is 22.6. The van der Waals surface area contributed by atoms with Crippen LogP contribution in [0.3, 0.4) is 0 Å². The van der Waals surface area contributed by atoms with Gasteiger partial charge in [0.1, 0.15) is 11.7 Å². The number of halogens is 6. The average molecular weight is 493 g/mol. The molecule has 0 amide bonds. The van der Waals surface area contributed by atoms with Gasteiger partial charge in [-0.15, -0.1) is 0 Å². The number of H-pyrrole nitrogens is 1. The summed E-state index contributed by atoms with van der Waals surface area (Å²) in [5.74, 6) is -2.28. The van der Waals surface area contributed by atoms with E-state index < -0.39 is 29.5 Å². The first-order valence-corrected chi connectivity index (χ1v) is 10.9. The van der Waals surface area contributed by atoms with E-state index in [4.69, 9.17) is 11.6 Å². The van der Waals surface area contributed by atoms with Crippen molar-refractivity contribution in [2.75, 3.05) is 11.4 Å². The second-order valence-electron chi connectivity index (χ2n) is 8.35. The Labute approximate surface area is 196 Å². The topological polar surface area (TPSA) is 44.8 Å². The van der Waals surface area contributed by atoms with Crippen LogP contribution in [0.15, 0.2) is 36.4 Å². The fourth-order valence-electron chi connectivity index (χ4n) is 4.50. The van der Waals surface area contributed by atoms with E-state index in [-0.39, 0.29) is 29.3 Å². The van der Waals surface area contributed by atoms with Crippen molar-refractivity contribution in [2.45, 2.75) is 32.5 Å². The number of hydrogen-bond acceptors (Lipinski definition) is 3. The van der Waals surface area contributed by atoms with Crippen LogP contribution in [0.4, 0.5) is 27.9 Å². The number of aromatic amines is 1. The van der Waals surface area contributed by atoms with Crippen molar-refractivity contribution >= 4 is 28.5 Å². The normalized spacial score (nSPS) is 16.2. The predicted octanol–water partition coefficient (Wildman–Crippen LogP) is 6.68. The monoisotopic (exact) mass is 492 g/mol. The maximum atomic E-state index is 15.2. The molecule has 0 aliphatic carbocycles. The Morgan fingerprint density at radius 2 is 1.79 bits per heavy atom. The molecule has 0 radical (unpaired) electrons. The summed E-state index contributed by atoms with van der Waals surface area (Å²) in [4.78, 5) is 12.7. The van der Waals surface area contributed by atoms with Crippen LogP contribution in [-0.2, 0) is 12.6 Å². The lowest BCUT2D eigenvalue weighted by Crippen LogP contribution is -2.38. The molecule has 4 nitrogen and oxygen atoms in total. The van der Waals surface area contributed by atoms with Crippen molar-refractivity contribution in [3.8, 4) is 0 Å². The first-order chi connectivity index (χ1) is 16.0. The van der Waals surface area contributed by atoms with E-state index in [1.165, 1.54) is 30.9 Å². The molecule has 2 aromatic carbocycles. The van der Waals surface area contributed by atoms with Gasteiger partial charge in [0, 0.05) is 39.4 Å². The smallest absolute Gasteiger partial charge is 0.356 e. The van der Waals surface area contributed by atoms with Crippen LogP contribution < -0.4 is 4.90 Å². The molecule has 0 saturated carbocycles. The van der Waals surface area contributed by atoms with Gasteiger partial charge in [0.25, 0.3) is 0 Å². The lowest BCUT2D eigenvalue weighted by atomic mass is 9.91. The van der Waals surface area contributed by atoms with Gasteiger partial charge in [0.2, 0.25) is 5.95 Å². The SMILES string of the molecule is Cc1cc(C(F)(F)F)nc(N2CCc3c([nH]c4ccc(Cl)cc34)C2c2ccc(C)c(F)c2F)n1. The zero-order chi connectivity index (χ0) is 24.4. The minimum Gasteiger partial charge on any atom is -0.356 e. The molecule has 5 rings (SSSR count). The van der Waals surface area contributed by atoms with Crippen LogP contribution in [0.5, 0.6) is 0 Å². The molecule has 0 spiro atoms. The number of fused-ring (bicyclic) bond motifs is 3. The van der Waals surface area contributed by atoms with E-state index in [9.17, 15) is 17.6 Å². The van der Waals surface area contributed by atoms with Crippen LogP contribution >= 0.6 is 11.6 Å². The standard InChI is InChI=1S/C24H18ClF5N4/c1-11-3-5-15(20(27)19(11)26)22-21-14(16-10-13(25)4-6-17(16)32-21)7-8-34(22)23-31-12(2)9-18(33-23)24(28,29)30/h3-6,9-10,22,32H,7-8H2,1-2H3. The quantitative estimate of drug-likeness (QED) is 0.318. The third kappa shape index (κ3) is 3.68. The van der Waals surface area contributed by atoms with Crippen molar-refractivity contribution in [1.29, 1.82) is 0 Å². The average Bonchev–Trinajstić information content (AvgIpc) is 3.14. The molecule has 176 valence electrons. The Balaban J connectivity index is 1.76. The molecule has 1 aliphatic rings. The third-order valence-corrected chi connectivity index (χ3v) is 6.31. The number of aryl methyl sites for hydroxylation is 2. The van der Waals surface area contributed by atoms with Crippen molar-refractivity contribution in [1.82, 2.24) is 15.0 Å². The van der Waals surface area contributed by atoms with E-state index in [0.717, 1.165) is 22.5 Å².